The fourth-order valence-electron chi connectivity index (χ4n) is 2.42. The molecular weight excluding hydrogens is 437 g/mol. The average Bonchev–Trinajstić information content (AvgIpc) is 2.73. The number of carbonyl (C=O) groups excluding carboxylic acids is 1. The number of hydrogen-bond donors (Lipinski definition) is 2. The maximum Gasteiger partial charge on any atom is 0.573 e. The Balaban J connectivity index is 1.64. The average molecular weight is 450 g/mol. The number of thioether (sulfide) groups is 1. The van der Waals surface area contributed by atoms with Crippen LogP contribution < -0.4 is 15.5 Å². The van der Waals surface area contributed by atoms with Gasteiger partial charge in [-0.05, 0) is 47.4 Å². The quantitative estimate of drug-likeness (QED) is 0.249. The smallest absolute Gasteiger partial charge is 0.450 e. The van der Waals surface area contributed by atoms with Gasteiger partial charge in [-0.1, -0.05) is 17.8 Å². The summed E-state index contributed by atoms with van der Waals surface area (Å²) in [6, 6.07) is 8.77. The zero-order chi connectivity index (χ0) is 22.4. The molecule has 3 rings (SSSR count). The molecule has 0 atom stereocenters. The lowest BCUT2D eigenvalue weighted by molar-refractivity contribution is -0.274. The first kappa shape index (κ1) is 22.6. The van der Waals surface area contributed by atoms with Crippen LogP contribution in [-0.4, -0.2) is 34.7 Å². The Morgan fingerprint density at radius 3 is 2.42 bits per heavy atom. The molecule has 1 aromatic heterocycles. The molecule has 0 aliphatic carbocycles. The summed E-state index contributed by atoms with van der Waals surface area (Å²) < 4.78 is 54.0. The van der Waals surface area contributed by atoms with E-state index >= 15 is 0 Å². The van der Waals surface area contributed by atoms with Crippen molar-refractivity contribution >= 4 is 36.3 Å². The van der Waals surface area contributed by atoms with Crippen molar-refractivity contribution < 1.29 is 32.1 Å². The zero-order valence-electron chi connectivity index (χ0n) is 15.6. The summed E-state index contributed by atoms with van der Waals surface area (Å²) in [5.41, 5.74) is 1.26. The van der Waals surface area contributed by atoms with Gasteiger partial charge in [-0.15, -0.1) is 13.2 Å². The summed E-state index contributed by atoms with van der Waals surface area (Å²) in [7, 11) is 0.775. The Morgan fingerprint density at radius 2 is 1.81 bits per heavy atom. The van der Waals surface area contributed by atoms with Crippen LogP contribution in [0.3, 0.4) is 0 Å². The summed E-state index contributed by atoms with van der Waals surface area (Å²) in [4.78, 5) is 20.3. The van der Waals surface area contributed by atoms with E-state index in [0.29, 0.717) is 16.7 Å². The molecule has 0 unspecified atom stereocenters. The normalized spacial score (nSPS) is 11.1. The highest BCUT2D eigenvalue weighted by Crippen LogP contribution is 2.25. The van der Waals surface area contributed by atoms with Crippen molar-refractivity contribution in [1.82, 2.24) is 9.97 Å². The van der Waals surface area contributed by atoms with E-state index in [4.69, 9.17) is 0 Å². The van der Waals surface area contributed by atoms with Gasteiger partial charge in [-0.2, -0.15) is 0 Å². The lowest BCUT2D eigenvalue weighted by Gasteiger charge is -2.12. The van der Waals surface area contributed by atoms with E-state index in [2.05, 4.69) is 20.0 Å². The molecule has 0 aliphatic rings. The van der Waals surface area contributed by atoms with Gasteiger partial charge in [0.15, 0.2) is 5.16 Å². The molecule has 1 amide bonds. The van der Waals surface area contributed by atoms with Crippen molar-refractivity contribution in [2.24, 2.45) is 0 Å². The third-order valence-corrected chi connectivity index (χ3v) is 4.76. The van der Waals surface area contributed by atoms with Crippen LogP contribution in [0.5, 0.6) is 5.75 Å². The zero-order valence-corrected chi connectivity index (χ0v) is 16.4. The summed E-state index contributed by atoms with van der Waals surface area (Å²) in [5.74, 6) is -1.19. The maximum absolute atomic E-state index is 12.9. The number of aromatic nitrogens is 2. The summed E-state index contributed by atoms with van der Waals surface area (Å²) in [5, 5.41) is 12.1. The lowest BCUT2D eigenvalue weighted by atomic mass is 9.85. The molecule has 0 saturated carbocycles. The number of carbonyl (C=O) groups is 1. The first-order valence-corrected chi connectivity index (χ1v) is 9.60. The Kier molecular flexibility index (Phi) is 7.13. The van der Waals surface area contributed by atoms with E-state index in [-0.39, 0.29) is 16.5 Å². The molecule has 31 heavy (non-hydrogen) atoms. The van der Waals surface area contributed by atoms with Crippen LogP contribution >= 0.6 is 11.8 Å². The minimum Gasteiger partial charge on any atom is -0.450 e. The molecule has 1 heterocycles. The Labute approximate surface area is 179 Å². The topological polar surface area (TPSA) is 84.3 Å². The fourth-order valence-corrected chi connectivity index (χ4v) is 3.21. The number of ether oxygens (including phenoxy) is 1. The molecule has 3 aromatic rings. The van der Waals surface area contributed by atoms with Gasteiger partial charge in [0.25, 0.3) is 5.91 Å². The number of benzene rings is 2. The molecule has 1 radical (unpaired) electrons. The Morgan fingerprint density at radius 1 is 1.13 bits per heavy atom. The van der Waals surface area contributed by atoms with Crippen LogP contribution in [0.2, 0.25) is 0 Å². The molecule has 6 nitrogen and oxygen atoms in total. The standard InChI is InChI=1S/C19H13BF4N3O3S/c21-13-1-3-14(4-2-13)27-17(28)12-8-25-18(26-9-12)31-10-11-7-15(30-19(22,23)24)5-6-16(11)20-29/h1-9,29H,10H2,(H,27,28). The fraction of sp³-hybridized carbons (Fsp3) is 0.105. The van der Waals surface area contributed by atoms with Gasteiger partial charge in [-0.25, -0.2) is 14.4 Å². The number of halogens is 4. The highest BCUT2D eigenvalue weighted by molar-refractivity contribution is 7.98. The van der Waals surface area contributed by atoms with Crippen LogP contribution in [0.1, 0.15) is 15.9 Å². The molecule has 0 spiro atoms. The predicted molar refractivity (Wildman–Crippen MR) is 107 cm³/mol. The highest BCUT2D eigenvalue weighted by Gasteiger charge is 2.31. The molecule has 0 saturated heterocycles. The molecule has 0 fully saturated rings. The van der Waals surface area contributed by atoms with E-state index in [0.717, 1.165) is 31.4 Å². The van der Waals surface area contributed by atoms with Crippen LogP contribution in [0, 0.1) is 5.82 Å². The monoisotopic (exact) mass is 450 g/mol. The Hall–Kier alpha value is -3.12. The van der Waals surface area contributed by atoms with Gasteiger partial charge in [0, 0.05) is 23.8 Å². The van der Waals surface area contributed by atoms with E-state index in [1.807, 2.05) is 0 Å². The predicted octanol–water partition coefficient (Wildman–Crippen LogP) is 3.30. The van der Waals surface area contributed by atoms with E-state index in [1.165, 1.54) is 42.7 Å². The van der Waals surface area contributed by atoms with E-state index < -0.39 is 23.8 Å². The van der Waals surface area contributed by atoms with Gasteiger partial charge in [-0.3, -0.25) is 4.79 Å². The SMILES string of the molecule is O=C(Nc1ccc(F)cc1)c1cnc(SCc2cc(OC(F)(F)F)ccc2[B]O)nc1. The number of alkyl halides is 3. The van der Waals surface area contributed by atoms with Crippen molar-refractivity contribution in [3.05, 3.63) is 71.8 Å². The molecule has 0 bridgehead atoms. The van der Waals surface area contributed by atoms with Crippen molar-refractivity contribution in [3.63, 3.8) is 0 Å². The molecule has 2 aromatic carbocycles. The number of nitrogens with zero attached hydrogens (tertiary/aromatic N) is 2. The van der Waals surface area contributed by atoms with Crippen LogP contribution in [-0.2, 0) is 5.75 Å². The molecule has 0 aliphatic heterocycles. The van der Waals surface area contributed by atoms with Gasteiger partial charge in [0.1, 0.15) is 11.6 Å². The van der Waals surface area contributed by atoms with Gasteiger partial charge < -0.3 is 15.1 Å². The highest BCUT2D eigenvalue weighted by atomic mass is 32.2. The first-order valence-electron chi connectivity index (χ1n) is 8.61. The summed E-state index contributed by atoms with van der Waals surface area (Å²) in [6.07, 6.45) is -2.25. The third kappa shape index (κ3) is 6.69. The van der Waals surface area contributed by atoms with E-state index in [9.17, 15) is 27.4 Å². The first-order chi connectivity index (χ1) is 14.7. The molecule has 159 valence electrons. The third-order valence-electron chi connectivity index (χ3n) is 3.84. The molecule has 12 heteroatoms. The largest absolute Gasteiger partial charge is 0.573 e. The Bertz CT molecular complexity index is 1050. The number of amides is 1. The van der Waals surface area contributed by atoms with Crippen LogP contribution in [0.4, 0.5) is 23.2 Å². The molecule has 2 N–H and O–H groups in total. The van der Waals surface area contributed by atoms with Crippen molar-refractivity contribution in [1.29, 1.82) is 0 Å². The second-order valence-electron chi connectivity index (χ2n) is 6.04. The molecular formula is C19H13BF4N3O3S. The summed E-state index contributed by atoms with van der Waals surface area (Å²) in [6.45, 7) is 0. The number of hydrogen-bond acceptors (Lipinski definition) is 6. The van der Waals surface area contributed by atoms with Crippen molar-refractivity contribution in [3.8, 4) is 5.75 Å². The lowest BCUT2D eigenvalue weighted by Crippen LogP contribution is -2.21. The maximum atomic E-state index is 12.9. The van der Waals surface area contributed by atoms with Gasteiger partial charge >= 0.3 is 13.8 Å². The number of anilines is 1. The number of nitrogens with one attached hydrogen (secondary N) is 1. The van der Waals surface area contributed by atoms with Crippen molar-refractivity contribution in [2.75, 3.05) is 5.32 Å². The van der Waals surface area contributed by atoms with E-state index in [1.54, 1.807) is 0 Å². The minimum absolute atomic E-state index is 0.141. The second-order valence-corrected chi connectivity index (χ2v) is 6.98. The van der Waals surface area contributed by atoms with Crippen molar-refractivity contribution in [2.45, 2.75) is 17.3 Å². The van der Waals surface area contributed by atoms with Gasteiger partial charge in [0.2, 0.25) is 0 Å². The number of rotatable bonds is 7. The van der Waals surface area contributed by atoms with Gasteiger partial charge in [0.05, 0.1) is 5.56 Å². The minimum atomic E-state index is -4.83. The second kappa shape index (κ2) is 9.79. The van der Waals surface area contributed by atoms with Crippen LogP contribution in [0.15, 0.2) is 60.0 Å². The summed E-state index contributed by atoms with van der Waals surface area (Å²) >= 11 is 1.09. The van der Waals surface area contributed by atoms with Crippen LogP contribution in [0.25, 0.3) is 0 Å².